The highest BCUT2D eigenvalue weighted by atomic mass is 16.5. The Kier molecular flexibility index (Phi) is 4.38. The first-order valence-electron chi connectivity index (χ1n) is 7.67. The highest BCUT2D eigenvalue weighted by Crippen LogP contribution is 2.18. The van der Waals surface area contributed by atoms with E-state index in [4.69, 9.17) is 9.15 Å². The number of carbonyl (C=O) groups is 1. The van der Waals surface area contributed by atoms with Crippen LogP contribution in [0.5, 0.6) is 0 Å². The Bertz CT molecular complexity index is 476. The summed E-state index contributed by atoms with van der Waals surface area (Å²) < 4.78 is 11.1. The van der Waals surface area contributed by atoms with E-state index in [2.05, 4.69) is 10.2 Å². The zero-order valence-electron chi connectivity index (χ0n) is 12.5. The van der Waals surface area contributed by atoms with Gasteiger partial charge in [0.05, 0.1) is 12.5 Å². The SMILES string of the molecule is Cc1nnc(N2CCN(C(=O)CC3CCCCO3)CC2)o1. The number of anilines is 1. The van der Waals surface area contributed by atoms with Gasteiger partial charge in [-0.2, -0.15) is 0 Å². The number of hydrogen-bond acceptors (Lipinski definition) is 6. The van der Waals surface area contributed by atoms with Gasteiger partial charge in [-0.3, -0.25) is 4.79 Å². The van der Waals surface area contributed by atoms with Crippen molar-refractivity contribution in [3.05, 3.63) is 5.89 Å². The molecule has 2 aliphatic heterocycles. The molecule has 2 saturated heterocycles. The number of aryl methyl sites for hydroxylation is 1. The molecule has 3 heterocycles. The lowest BCUT2D eigenvalue weighted by atomic mass is 10.1. The van der Waals surface area contributed by atoms with E-state index in [-0.39, 0.29) is 12.0 Å². The van der Waals surface area contributed by atoms with Crippen molar-refractivity contribution in [3.8, 4) is 0 Å². The Morgan fingerprint density at radius 2 is 2.05 bits per heavy atom. The number of aromatic nitrogens is 2. The van der Waals surface area contributed by atoms with Crippen LogP contribution in [0.25, 0.3) is 0 Å². The number of amides is 1. The normalized spacial score (nSPS) is 23.4. The third kappa shape index (κ3) is 3.53. The van der Waals surface area contributed by atoms with E-state index in [1.165, 1.54) is 6.42 Å². The van der Waals surface area contributed by atoms with Crippen molar-refractivity contribution in [1.82, 2.24) is 15.1 Å². The summed E-state index contributed by atoms with van der Waals surface area (Å²) in [5.74, 6) is 0.765. The van der Waals surface area contributed by atoms with Crippen molar-refractivity contribution in [2.75, 3.05) is 37.7 Å². The van der Waals surface area contributed by atoms with Crippen LogP contribution in [0.3, 0.4) is 0 Å². The van der Waals surface area contributed by atoms with E-state index < -0.39 is 0 Å². The summed E-state index contributed by atoms with van der Waals surface area (Å²) >= 11 is 0. The molecule has 1 aromatic rings. The Hall–Kier alpha value is -1.63. The maximum absolute atomic E-state index is 12.3. The Labute approximate surface area is 124 Å². The molecule has 116 valence electrons. The van der Waals surface area contributed by atoms with Crippen molar-refractivity contribution in [2.45, 2.75) is 38.7 Å². The van der Waals surface area contributed by atoms with Crippen LogP contribution in [0.2, 0.25) is 0 Å². The van der Waals surface area contributed by atoms with Gasteiger partial charge in [-0.25, -0.2) is 0 Å². The first-order valence-corrected chi connectivity index (χ1v) is 7.67. The van der Waals surface area contributed by atoms with Gasteiger partial charge in [0.2, 0.25) is 11.8 Å². The molecule has 0 saturated carbocycles. The van der Waals surface area contributed by atoms with Crippen LogP contribution in [0.4, 0.5) is 6.01 Å². The minimum Gasteiger partial charge on any atom is -0.408 e. The second-order valence-electron chi connectivity index (χ2n) is 5.66. The number of rotatable bonds is 3. The molecule has 0 bridgehead atoms. The van der Waals surface area contributed by atoms with Crippen LogP contribution < -0.4 is 4.90 Å². The molecule has 0 aromatic carbocycles. The molecule has 1 aromatic heterocycles. The number of hydrogen-bond donors (Lipinski definition) is 0. The molecule has 0 radical (unpaired) electrons. The zero-order chi connectivity index (χ0) is 14.7. The monoisotopic (exact) mass is 294 g/mol. The van der Waals surface area contributed by atoms with Crippen molar-refractivity contribution < 1.29 is 13.9 Å². The van der Waals surface area contributed by atoms with E-state index in [1.54, 1.807) is 6.92 Å². The molecule has 1 amide bonds. The predicted molar refractivity (Wildman–Crippen MR) is 76.0 cm³/mol. The topological polar surface area (TPSA) is 71.7 Å². The van der Waals surface area contributed by atoms with E-state index in [0.717, 1.165) is 32.5 Å². The molecular formula is C14H22N4O3. The smallest absolute Gasteiger partial charge is 0.318 e. The second kappa shape index (κ2) is 6.43. The van der Waals surface area contributed by atoms with Gasteiger partial charge >= 0.3 is 6.01 Å². The van der Waals surface area contributed by atoms with E-state index in [9.17, 15) is 4.79 Å². The van der Waals surface area contributed by atoms with Gasteiger partial charge in [0.1, 0.15) is 0 Å². The van der Waals surface area contributed by atoms with Gasteiger partial charge in [-0.05, 0) is 19.3 Å². The predicted octanol–water partition coefficient (Wildman–Crippen LogP) is 0.986. The van der Waals surface area contributed by atoms with E-state index in [1.807, 2.05) is 9.80 Å². The van der Waals surface area contributed by atoms with Crippen LogP contribution in [0.15, 0.2) is 4.42 Å². The van der Waals surface area contributed by atoms with Crippen LogP contribution in [-0.4, -0.2) is 59.9 Å². The lowest BCUT2D eigenvalue weighted by Gasteiger charge is -2.34. The minimum atomic E-state index is 0.114. The third-order valence-electron chi connectivity index (χ3n) is 4.09. The fourth-order valence-corrected chi connectivity index (χ4v) is 2.85. The van der Waals surface area contributed by atoms with Gasteiger partial charge in [-0.15, -0.1) is 5.10 Å². The molecule has 21 heavy (non-hydrogen) atoms. The van der Waals surface area contributed by atoms with Gasteiger partial charge in [0, 0.05) is 39.7 Å². The molecular weight excluding hydrogens is 272 g/mol. The van der Waals surface area contributed by atoms with Crippen LogP contribution in [0.1, 0.15) is 31.6 Å². The van der Waals surface area contributed by atoms with E-state index in [0.29, 0.717) is 31.4 Å². The van der Waals surface area contributed by atoms with Gasteiger partial charge in [0.25, 0.3) is 0 Å². The quantitative estimate of drug-likeness (QED) is 0.827. The number of nitrogens with zero attached hydrogens (tertiary/aromatic N) is 4. The maximum Gasteiger partial charge on any atom is 0.318 e. The zero-order valence-corrected chi connectivity index (χ0v) is 12.5. The average molecular weight is 294 g/mol. The summed E-state index contributed by atoms with van der Waals surface area (Å²) in [5.41, 5.74) is 0. The molecule has 2 aliphatic rings. The molecule has 0 N–H and O–H groups in total. The molecule has 0 spiro atoms. The first kappa shape index (κ1) is 14.3. The highest BCUT2D eigenvalue weighted by molar-refractivity contribution is 5.77. The Morgan fingerprint density at radius 3 is 2.67 bits per heavy atom. The largest absolute Gasteiger partial charge is 0.408 e. The van der Waals surface area contributed by atoms with Gasteiger partial charge in [0.15, 0.2) is 0 Å². The van der Waals surface area contributed by atoms with Crippen LogP contribution >= 0.6 is 0 Å². The fraction of sp³-hybridized carbons (Fsp3) is 0.786. The molecule has 0 aliphatic carbocycles. The lowest BCUT2D eigenvalue weighted by molar-refractivity contribution is -0.135. The molecule has 7 nitrogen and oxygen atoms in total. The average Bonchev–Trinajstić information content (AvgIpc) is 2.95. The number of carbonyl (C=O) groups excluding carboxylic acids is 1. The fourth-order valence-electron chi connectivity index (χ4n) is 2.85. The van der Waals surface area contributed by atoms with E-state index >= 15 is 0 Å². The highest BCUT2D eigenvalue weighted by Gasteiger charge is 2.26. The summed E-state index contributed by atoms with van der Waals surface area (Å²) in [4.78, 5) is 16.2. The molecule has 7 heteroatoms. The summed E-state index contributed by atoms with van der Waals surface area (Å²) in [6, 6.07) is 0.551. The molecule has 3 rings (SSSR count). The number of piperazine rings is 1. The van der Waals surface area contributed by atoms with Crippen molar-refractivity contribution in [2.24, 2.45) is 0 Å². The second-order valence-corrected chi connectivity index (χ2v) is 5.66. The summed E-state index contributed by atoms with van der Waals surface area (Å²) in [6.07, 6.45) is 3.92. The summed E-state index contributed by atoms with van der Waals surface area (Å²) in [6.45, 7) is 5.44. The standard InChI is InChI=1S/C14H22N4O3/c1-11-15-16-14(21-11)18-7-5-17(6-8-18)13(19)10-12-4-2-3-9-20-12/h12H,2-10H2,1H3. The number of ether oxygens (including phenoxy) is 1. The minimum absolute atomic E-state index is 0.114. The first-order chi connectivity index (χ1) is 10.2. The maximum atomic E-state index is 12.3. The van der Waals surface area contributed by atoms with Crippen molar-refractivity contribution in [3.63, 3.8) is 0 Å². The van der Waals surface area contributed by atoms with Crippen LogP contribution in [0, 0.1) is 6.92 Å². The molecule has 1 atom stereocenters. The third-order valence-corrected chi connectivity index (χ3v) is 4.09. The van der Waals surface area contributed by atoms with Gasteiger partial charge in [-0.1, -0.05) is 5.10 Å². The van der Waals surface area contributed by atoms with Crippen molar-refractivity contribution >= 4 is 11.9 Å². The van der Waals surface area contributed by atoms with Crippen molar-refractivity contribution in [1.29, 1.82) is 0 Å². The Morgan fingerprint density at radius 1 is 1.24 bits per heavy atom. The van der Waals surface area contributed by atoms with Crippen LogP contribution in [-0.2, 0) is 9.53 Å². The molecule has 1 unspecified atom stereocenters. The lowest BCUT2D eigenvalue weighted by Crippen LogP contribution is -2.49. The van der Waals surface area contributed by atoms with Gasteiger partial charge < -0.3 is 19.0 Å². The summed E-state index contributed by atoms with van der Waals surface area (Å²) in [5, 5.41) is 7.86. The Balaban J connectivity index is 1.47. The summed E-state index contributed by atoms with van der Waals surface area (Å²) in [7, 11) is 0. The molecule has 2 fully saturated rings.